The average molecular weight is 339 g/mol. The van der Waals surface area contributed by atoms with Crippen LogP contribution in [0.5, 0.6) is 0 Å². The maximum atomic E-state index is 13.2. The zero-order valence-corrected chi connectivity index (χ0v) is 12.0. The number of hydrogen-bond acceptors (Lipinski definition) is 3. The Labute approximate surface area is 113 Å². The van der Waals surface area contributed by atoms with Crippen molar-refractivity contribution in [3.05, 3.63) is 34.1 Å². The third kappa shape index (κ3) is 3.29. The SMILES string of the molecule is CCC(C(=O)O)S(=O)(=O)Cc1cccc(F)c1Br. The molecule has 1 atom stereocenters. The summed E-state index contributed by atoms with van der Waals surface area (Å²) in [5.41, 5.74) is 0.217. The summed E-state index contributed by atoms with van der Waals surface area (Å²) < 4.78 is 37.1. The number of benzene rings is 1. The maximum Gasteiger partial charge on any atom is 0.321 e. The minimum atomic E-state index is -3.86. The van der Waals surface area contributed by atoms with Crippen LogP contribution in [0.2, 0.25) is 0 Å². The summed E-state index contributed by atoms with van der Waals surface area (Å²) in [4.78, 5) is 10.9. The van der Waals surface area contributed by atoms with Crippen LogP contribution in [0.25, 0.3) is 0 Å². The van der Waals surface area contributed by atoms with Gasteiger partial charge in [-0.05, 0) is 34.0 Å². The van der Waals surface area contributed by atoms with Crippen molar-refractivity contribution in [2.45, 2.75) is 24.3 Å². The molecule has 0 saturated heterocycles. The Morgan fingerprint density at radius 1 is 1.50 bits per heavy atom. The highest BCUT2D eigenvalue weighted by atomic mass is 79.9. The first kappa shape index (κ1) is 15.1. The lowest BCUT2D eigenvalue weighted by Crippen LogP contribution is -2.30. The Morgan fingerprint density at radius 3 is 2.61 bits per heavy atom. The van der Waals surface area contributed by atoms with Crippen molar-refractivity contribution in [3.63, 3.8) is 0 Å². The minimum absolute atomic E-state index is 0.0232. The molecule has 1 rings (SSSR count). The number of hydrogen-bond donors (Lipinski definition) is 1. The lowest BCUT2D eigenvalue weighted by Gasteiger charge is -2.12. The van der Waals surface area contributed by atoms with Gasteiger partial charge in [-0.3, -0.25) is 4.79 Å². The number of aliphatic carboxylic acids is 1. The molecule has 1 N–H and O–H groups in total. The fraction of sp³-hybridized carbons (Fsp3) is 0.364. The molecule has 0 aromatic heterocycles. The Kier molecular flexibility index (Phi) is 4.86. The molecule has 18 heavy (non-hydrogen) atoms. The number of halogens is 2. The second kappa shape index (κ2) is 5.79. The summed E-state index contributed by atoms with van der Waals surface area (Å²) in [5.74, 6) is -2.47. The normalized spacial score (nSPS) is 13.3. The number of carboxylic acid groups (broad SMARTS) is 1. The minimum Gasteiger partial charge on any atom is -0.480 e. The predicted octanol–water partition coefficient (Wildman–Crippen LogP) is 2.37. The average Bonchev–Trinajstić information content (AvgIpc) is 2.24. The van der Waals surface area contributed by atoms with Crippen molar-refractivity contribution in [2.75, 3.05) is 0 Å². The van der Waals surface area contributed by atoms with E-state index in [0.29, 0.717) is 0 Å². The van der Waals surface area contributed by atoms with Gasteiger partial charge in [0.25, 0.3) is 0 Å². The summed E-state index contributed by atoms with van der Waals surface area (Å²) in [6.45, 7) is 1.48. The van der Waals surface area contributed by atoms with Gasteiger partial charge in [0.05, 0.1) is 10.2 Å². The first-order valence-electron chi connectivity index (χ1n) is 5.17. The van der Waals surface area contributed by atoms with E-state index in [-0.39, 0.29) is 16.5 Å². The molecule has 1 aromatic rings. The molecule has 1 aromatic carbocycles. The van der Waals surface area contributed by atoms with E-state index >= 15 is 0 Å². The van der Waals surface area contributed by atoms with Crippen molar-refractivity contribution in [3.8, 4) is 0 Å². The molecule has 100 valence electrons. The van der Waals surface area contributed by atoms with Crippen LogP contribution in [0.1, 0.15) is 18.9 Å². The van der Waals surface area contributed by atoms with Gasteiger partial charge in [-0.2, -0.15) is 0 Å². The Morgan fingerprint density at radius 2 is 2.11 bits per heavy atom. The second-order valence-electron chi connectivity index (χ2n) is 3.76. The molecule has 4 nitrogen and oxygen atoms in total. The molecule has 0 spiro atoms. The van der Waals surface area contributed by atoms with E-state index in [4.69, 9.17) is 5.11 Å². The molecule has 0 bridgehead atoms. The number of rotatable bonds is 5. The van der Waals surface area contributed by atoms with Crippen LogP contribution < -0.4 is 0 Å². The monoisotopic (exact) mass is 338 g/mol. The second-order valence-corrected chi connectivity index (χ2v) is 6.73. The van der Waals surface area contributed by atoms with Gasteiger partial charge in [0.2, 0.25) is 0 Å². The fourth-order valence-corrected chi connectivity index (χ4v) is 3.84. The van der Waals surface area contributed by atoms with Gasteiger partial charge in [0, 0.05) is 0 Å². The van der Waals surface area contributed by atoms with Crippen LogP contribution in [-0.4, -0.2) is 24.7 Å². The van der Waals surface area contributed by atoms with E-state index in [1.54, 1.807) is 0 Å². The lowest BCUT2D eigenvalue weighted by molar-refractivity contribution is -0.136. The van der Waals surface area contributed by atoms with Gasteiger partial charge in [0.1, 0.15) is 5.82 Å². The highest BCUT2D eigenvalue weighted by molar-refractivity contribution is 9.10. The number of sulfone groups is 1. The quantitative estimate of drug-likeness (QED) is 0.894. The molecule has 0 fully saturated rings. The van der Waals surface area contributed by atoms with Crippen LogP contribution in [0.15, 0.2) is 22.7 Å². The van der Waals surface area contributed by atoms with Crippen LogP contribution in [0.3, 0.4) is 0 Å². The summed E-state index contributed by atoms with van der Waals surface area (Å²) in [7, 11) is -3.86. The summed E-state index contributed by atoms with van der Waals surface area (Å²) in [6.07, 6.45) is -0.0232. The highest BCUT2D eigenvalue weighted by Crippen LogP contribution is 2.24. The molecular weight excluding hydrogens is 327 g/mol. The third-order valence-corrected chi connectivity index (χ3v) is 5.47. The number of carboxylic acids is 1. The predicted molar refractivity (Wildman–Crippen MR) is 68.4 cm³/mol. The van der Waals surface area contributed by atoms with Gasteiger partial charge in [-0.15, -0.1) is 0 Å². The van der Waals surface area contributed by atoms with Crippen LogP contribution in [0.4, 0.5) is 4.39 Å². The van der Waals surface area contributed by atoms with E-state index in [1.807, 2.05) is 0 Å². The Balaban J connectivity index is 3.10. The zero-order chi connectivity index (χ0) is 13.9. The van der Waals surface area contributed by atoms with Gasteiger partial charge in [-0.1, -0.05) is 19.1 Å². The molecular formula is C11H12BrFO4S. The first-order valence-corrected chi connectivity index (χ1v) is 7.67. The van der Waals surface area contributed by atoms with E-state index in [2.05, 4.69) is 15.9 Å². The van der Waals surface area contributed by atoms with Crippen LogP contribution in [-0.2, 0) is 20.4 Å². The molecule has 0 aliphatic carbocycles. The van der Waals surface area contributed by atoms with Crippen molar-refractivity contribution >= 4 is 31.7 Å². The van der Waals surface area contributed by atoms with Crippen LogP contribution in [0, 0.1) is 5.82 Å². The molecule has 0 heterocycles. The van der Waals surface area contributed by atoms with Gasteiger partial charge < -0.3 is 5.11 Å². The maximum absolute atomic E-state index is 13.2. The van der Waals surface area contributed by atoms with E-state index in [1.165, 1.54) is 25.1 Å². The topological polar surface area (TPSA) is 71.4 Å². The van der Waals surface area contributed by atoms with Gasteiger partial charge in [-0.25, -0.2) is 12.8 Å². The number of carbonyl (C=O) groups is 1. The molecule has 1 unspecified atom stereocenters. The molecule has 0 aliphatic rings. The first-order chi connectivity index (χ1) is 8.29. The van der Waals surface area contributed by atoms with E-state index < -0.39 is 32.6 Å². The smallest absolute Gasteiger partial charge is 0.321 e. The van der Waals surface area contributed by atoms with Gasteiger partial charge in [0.15, 0.2) is 15.1 Å². The van der Waals surface area contributed by atoms with Crippen molar-refractivity contribution in [1.29, 1.82) is 0 Å². The molecule has 0 saturated carbocycles. The summed E-state index contributed by atoms with van der Waals surface area (Å²) >= 11 is 2.95. The standard InChI is InChI=1S/C11H12BrFO4S/c1-2-9(11(14)15)18(16,17)6-7-4-3-5-8(13)10(7)12/h3-5,9H,2,6H2,1H3,(H,14,15). The Hall–Kier alpha value is -0.950. The van der Waals surface area contributed by atoms with E-state index in [9.17, 15) is 17.6 Å². The van der Waals surface area contributed by atoms with E-state index in [0.717, 1.165) is 0 Å². The van der Waals surface area contributed by atoms with Crippen molar-refractivity contribution in [2.24, 2.45) is 0 Å². The summed E-state index contributed by atoms with van der Waals surface area (Å²) in [5, 5.41) is 7.38. The lowest BCUT2D eigenvalue weighted by atomic mass is 10.2. The molecule has 7 heteroatoms. The van der Waals surface area contributed by atoms with Crippen LogP contribution >= 0.6 is 15.9 Å². The summed E-state index contributed by atoms with van der Waals surface area (Å²) in [6, 6.07) is 4.01. The Bertz CT molecular complexity index is 556. The molecule has 0 aliphatic heterocycles. The largest absolute Gasteiger partial charge is 0.480 e. The van der Waals surface area contributed by atoms with Crippen molar-refractivity contribution < 1.29 is 22.7 Å². The molecule has 0 radical (unpaired) electrons. The van der Waals surface area contributed by atoms with Gasteiger partial charge >= 0.3 is 5.97 Å². The zero-order valence-electron chi connectivity index (χ0n) is 9.56. The molecule has 0 amide bonds. The highest BCUT2D eigenvalue weighted by Gasteiger charge is 2.31. The van der Waals surface area contributed by atoms with Crippen molar-refractivity contribution in [1.82, 2.24) is 0 Å². The third-order valence-electron chi connectivity index (χ3n) is 2.47. The fourth-order valence-electron chi connectivity index (χ4n) is 1.56.